The molecule has 0 aliphatic heterocycles. The summed E-state index contributed by atoms with van der Waals surface area (Å²) in [6.07, 6.45) is 0. The number of hydrogen-bond acceptors (Lipinski definition) is 5. The molecular weight excluding hydrogens is 302 g/mol. The molecule has 0 bridgehead atoms. The van der Waals surface area contributed by atoms with E-state index in [4.69, 9.17) is 9.47 Å². The average Bonchev–Trinajstić information content (AvgIpc) is 2.74. The average molecular weight is 327 g/mol. The van der Waals surface area contributed by atoms with Crippen molar-refractivity contribution < 1.29 is 19.1 Å². The van der Waals surface area contributed by atoms with E-state index >= 15 is 0 Å². The van der Waals surface area contributed by atoms with E-state index in [0.717, 1.165) is 17.0 Å². The minimum atomic E-state index is -0.278. The molecule has 124 valence electrons. The van der Waals surface area contributed by atoms with Crippen molar-refractivity contribution in [1.82, 2.24) is 4.57 Å². The van der Waals surface area contributed by atoms with Crippen molar-refractivity contribution in [3.05, 3.63) is 23.0 Å². The van der Waals surface area contributed by atoms with Crippen molar-refractivity contribution in [2.75, 3.05) is 31.8 Å². The summed E-state index contributed by atoms with van der Waals surface area (Å²) in [6, 6.07) is 2.09. The summed E-state index contributed by atoms with van der Waals surface area (Å²) in [5.74, 6) is 0.248. The summed E-state index contributed by atoms with van der Waals surface area (Å²) >= 11 is 1.29. The molecule has 22 heavy (non-hydrogen) atoms. The number of nitrogens with zero attached hydrogens (tertiary/aromatic N) is 1. The molecule has 1 aromatic rings. The van der Waals surface area contributed by atoms with Crippen molar-refractivity contribution in [3.8, 4) is 0 Å². The van der Waals surface area contributed by atoms with Crippen LogP contribution in [0.15, 0.2) is 6.07 Å². The molecule has 1 unspecified atom stereocenters. The molecule has 0 radical (unpaired) electrons. The Morgan fingerprint density at radius 1 is 1.32 bits per heavy atom. The van der Waals surface area contributed by atoms with Crippen LogP contribution in [-0.4, -0.2) is 48.1 Å². The molecule has 0 aliphatic rings. The maximum Gasteiger partial charge on any atom is 0.315 e. The molecule has 0 spiro atoms. The van der Waals surface area contributed by atoms with Gasteiger partial charge in [0.2, 0.25) is 0 Å². The van der Waals surface area contributed by atoms with Gasteiger partial charge in [0, 0.05) is 24.1 Å². The Hall–Kier alpha value is -1.27. The van der Waals surface area contributed by atoms with Gasteiger partial charge >= 0.3 is 5.97 Å². The van der Waals surface area contributed by atoms with Gasteiger partial charge in [-0.3, -0.25) is 9.59 Å². The number of carbonyl (C=O) groups is 2. The fourth-order valence-corrected chi connectivity index (χ4v) is 3.25. The molecule has 0 fully saturated rings. The van der Waals surface area contributed by atoms with Gasteiger partial charge in [0.15, 0.2) is 5.78 Å². The predicted octanol–water partition coefficient (Wildman–Crippen LogP) is 2.79. The van der Waals surface area contributed by atoms with Crippen LogP contribution in [0.5, 0.6) is 0 Å². The number of rotatable bonds is 9. The van der Waals surface area contributed by atoms with Gasteiger partial charge in [-0.15, -0.1) is 11.8 Å². The Kier molecular flexibility index (Phi) is 7.68. The lowest BCUT2D eigenvalue weighted by molar-refractivity contribution is -0.139. The first-order valence-electron chi connectivity index (χ1n) is 7.36. The Morgan fingerprint density at radius 2 is 2.00 bits per heavy atom. The molecule has 5 nitrogen and oxygen atoms in total. The highest BCUT2D eigenvalue weighted by Gasteiger charge is 2.19. The third-order valence-electron chi connectivity index (χ3n) is 3.39. The van der Waals surface area contributed by atoms with Gasteiger partial charge in [0.25, 0.3) is 0 Å². The Bertz CT molecular complexity index is 524. The van der Waals surface area contributed by atoms with E-state index in [0.29, 0.717) is 13.2 Å². The topological polar surface area (TPSA) is 57.5 Å². The van der Waals surface area contributed by atoms with Crippen LogP contribution >= 0.6 is 11.8 Å². The standard InChI is InChI=1S/C16H25NO4S/c1-6-21-16(19)10-22-9-15(18)14-7-11(2)17(13(14)4)12(3)8-20-5/h7,12H,6,8-10H2,1-5H3. The van der Waals surface area contributed by atoms with Crippen LogP contribution in [0.4, 0.5) is 0 Å². The lowest BCUT2D eigenvalue weighted by Crippen LogP contribution is -2.15. The first-order valence-corrected chi connectivity index (χ1v) is 8.51. The number of thioether (sulfide) groups is 1. The highest BCUT2D eigenvalue weighted by molar-refractivity contribution is 8.00. The summed E-state index contributed by atoms with van der Waals surface area (Å²) in [4.78, 5) is 23.6. The van der Waals surface area contributed by atoms with E-state index in [9.17, 15) is 9.59 Å². The first-order chi connectivity index (χ1) is 10.4. The minimum Gasteiger partial charge on any atom is -0.465 e. The molecule has 1 rings (SSSR count). The SMILES string of the molecule is CCOC(=O)CSCC(=O)c1cc(C)n(C(C)COC)c1C. The number of aromatic nitrogens is 1. The molecule has 0 N–H and O–H groups in total. The van der Waals surface area contributed by atoms with Crippen LogP contribution < -0.4 is 0 Å². The lowest BCUT2D eigenvalue weighted by atomic mass is 10.2. The Balaban J connectivity index is 2.70. The largest absolute Gasteiger partial charge is 0.465 e. The fourth-order valence-electron chi connectivity index (χ4n) is 2.56. The summed E-state index contributed by atoms with van der Waals surface area (Å²) in [7, 11) is 1.67. The summed E-state index contributed by atoms with van der Waals surface area (Å²) < 4.78 is 12.2. The van der Waals surface area contributed by atoms with E-state index in [1.54, 1.807) is 14.0 Å². The van der Waals surface area contributed by atoms with Gasteiger partial charge in [0.05, 0.1) is 30.8 Å². The van der Waals surface area contributed by atoms with Gasteiger partial charge in [-0.1, -0.05) is 0 Å². The van der Waals surface area contributed by atoms with Crippen molar-refractivity contribution in [2.45, 2.75) is 33.7 Å². The summed E-state index contributed by atoms with van der Waals surface area (Å²) in [6.45, 7) is 8.73. The smallest absolute Gasteiger partial charge is 0.315 e. The van der Waals surface area contributed by atoms with Gasteiger partial charge in [0.1, 0.15) is 0 Å². The number of ether oxygens (including phenoxy) is 2. The second-order valence-electron chi connectivity index (χ2n) is 5.18. The van der Waals surface area contributed by atoms with E-state index in [-0.39, 0.29) is 29.3 Å². The number of methoxy groups -OCH3 is 1. The molecule has 6 heteroatoms. The zero-order valence-corrected chi connectivity index (χ0v) is 14.8. The fraction of sp³-hybridized carbons (Fsp3) is 0.625. The van der Waals surface area contributed by atoms with Crippen molar-refractivity contribution in [3.63, 3.8) is 0 Å². The number of carbonyl (C=O) groups excluding carboxylic acids is 2. The highest BCUT2D eigenvalue weighted by atomic mass is 32.2. The first kappa shape index (κ1) is 18.8. The van der Waals surface area contributed by atoms with Crippen LogP contribution in [0.2, 0.25) is 0 Å². The maximum atomic E-state index is 12.3. The molecule has 0 aromatic carbocycles. The van der Waals surface area contributed by atoms with E-state index < -0.39 is 0 Å². The van der Waals surface area contributed by atoms with Crippen LogP contribution in [0.25, 0.3) is 0 Å². The number of esters is 1. The molecular formula is C16H25NO4S. The number of hydrogen-bond donors (Lipinski definition) is 0. The van der Waals surface area contributed by atoms with E-state index in [1.165, 1.54) is 11.8 Å². The molecule has 0 saturated heterocycles. The van der Waals surface area contributed by atoms with E-state index in [1.807, 2.05) is 19.9 Å². The number of Topliss-reactive ketones (excluding diaryl/α,β-unsaturated/α-hetero) is 1. The number of ketones is 1. The molecule has 0 saturated carbocycles. The zero-order chi connectivity index (χ0) is 16.7. The third-order valence-corrected chi connectivity index (χ3v) is 4.30. The van der Waals surface area contributed by atoms with Gasteiger partial charge in [-0.05, 0) is 33.8 Å². The molecule has 0 aliphatic carbocycles. The highest BCUT2D eigenvalue weighted by Crippen LogP contribution is 2.22. The van der Waals surface area contributed by atoms with Gasteiger partial charge in [-0.25, -0.2) is 0 Å². The maximum absolute atomic E-state index is 12.3. The summed E-state index contributed by atoms with van der Waals surface area (Å²) in [5.41, 5.74) is 2.71. The van der Waals surface area contributed by atoms with Crippen molar-refractivity contribution >= 4 is 23.5 Å². The van der Waals surface area contributed by atoms with Crippen LogP contribution in [0, 0.1) is 13.8 Å². The van der Waals surface area contributed by atoms with Gasteiger partial charge < -0.3 is 14.0 Å². The zero-order valence-electron chi connectivity index (χ0n) is 14.0. The van der Waals surface area contributed by atoms with Crippen LogP contribution in [0.3, 0.4) is 0 Å². The minimum absolute atomic E-state index is 0.0401. The Labute approximate surface area is 136 Å². The normalized spacial score (nSPS) is 12.2. The quantitative estimate of drug-likeness (QED) is 0.515. The summed E-state index contributed by atoms with van der Waals surface area (Å²) in [5, 5.41) is 0. The molecule has 0 amide bonds. The second-order valence-corrected chi connectivity index (χ2v) is 6.17. The molecule has 1 heterocycles. The second kappa shape index (κ2) is 9.00. The van der Waals surface area contributed by atoms with Gasteiger partial charge in [-0.2, -0.15) is 0 Å². The lowest BCUT2D eigenvalue weighted by Gasteiger charge is -2.17. The molecule has 1 aromatic heterocycles. The monoisotopic (exact) mass is 327 g/mol. The van der Waals surface area contributed by atoms with Crippen LogP contribution in [-0.2, 0) is 14.3 Å². The van der Waals surface area contributed by atoms with E-state index in [2.05, 4.69) is 11.5 Å². The molecule has 1 atom stereocenters. The Morgan fingerprint density at radius 3 is 2.59 bits per heavy atom. The van der Waals surface area contributed by atoms with Crippen LogP contribution in [0.1, 0.15) is 41.6 Å². The van der Waals surface area contributed by atoms with Crippen molar-refractivity contribution in [1.29, 1.82) is 0 Å². The van der Waals surface area contributed by atoms with Crippen molar-refractivity contribution in [2.24, 2.45) is 0 Å². The number of aryl methyl sites for hydroxylation is 1. The predicted molar refractivity (Wildman–Crippen MR) is 88.8 cm³/mol. The third kappa shape index (κ3) is 4.88.